The third kappa shape index (κ3) is 5.37. The van der Waals surface area contributed by atoms with E-state index < -0.39 is 10.0 Å². The van der Waals surface area contributed by atoms with Crippen molar-refractivity contribution in [2.24, 2.45) is 0 Å². The van der Waals surface area contributed by atoms with Crippen molar-refractivity contribution in [2.75, 3.05) is 37.7 Å². The Morgan fingerprint density at radius 2 is 1.82 bits per heavy atom. The summed E-state index contributed by atoms with van der Waals surface area (Å²) in [5, 5.41) is 0. The van der Waals surface area contributed by atoms with Gasteiger partial charge < -0.3 is 19.0 Å². The summed E-state index contributed by atoms with van der Waals surface area (Å²) in [6.07, 6.45) is 1.48. The number of rotatable bonds is 8. The highest BCUT2D eigenvalue weighted by atomic mass is 32.2. The molecule has 1 fully saturated rings. The summed E-state index contributed by atoms with van der Waals surface area (Å²) in [7, 11) is -3.78. The van der Waals surface area contributed by atoms with Gasteiger partial charge in [0.25, 0.3) is 5.91 Å². The van der Waals surface area contributed by atoms with Gasteiger partial charge in [-0.2, -0.15) is 0 Å². The van der Waals surface area contributed by atoms with Gasteiger partial charge in [-0.3, -0.25) is 4.79 Å². The van der Waals surface area contributed by atoms with Crippen molar-refractivity contribution >= 4 is 21.6 Å². The first-order valence-electron chi connectivity index (χ1n) is 10.9. The molecule has 0 unspecified atom stereocenters. The number of carbonyl (C=O) groups excluding carboxylic acids is 1. The van der Waals surface area contributed by atoms with E-state index in [4.69, 9.17) is 9.15 Å². The smallest absolute Gasteiger partial charge is 0.254 e. The van der Waals surface area contributed by atoms with Gasteiger partial charge in [-0.1, -0.05) is 18.2 Å². The normalized spacial score (nSPS) is 14.3. The molecule has 0 bridgehead atoms. The predicted octanol–water partition coefficient (Wildman–Crippen LogP) is 3.12. The maximum atomic E-state index is 13.1. The van der Waals surface area contributed by atoms with Crippen molar-refractivity contribution in [3.05, 3.63) is 78.3 Å². The number of nitrogens with zero attached hydrogens (tertiary/aromatic N) is 2. The second-order valence-corrected chi connectivity index (χ2v) is 9.38. The molecule has 174 valence electrons. The first-order valence-corrected chi connectivity index (χ1v) is 12.3. The lowest BCUT2D eigenvalue weighted by molar-refractivity contribution is 0.0746. The molecule has 33 heavy (non-hydrogen) atoms. The van der Waals surface area contributed by atoms with Crippen LogP contribution in [0.4, 0.5) is 5.69 Å². The van der Waals surface area contributed by atoms with E-state index in [9.17, 15) is 13.2 Å². The van der Waals surface area contributed by atoms with Crippen molar-refractivity contribution in [3.63, 3.8) is 0 Å². The van der Waals surface area contributed by atoms with Gasteiger partial charge in [0.05, 0.1) is 30.0 Å². The molecule has 9 heteroatoms. The fourth-order valence-electron chi connectivity index (χ4n) is 3.79. The minimum Gasteiger partial charge on any atom is -0.492 e. The highest BCUT2D eigenvalue weighted by Gasteiger charge is 2.25. The first-order chi connectivity index (χ1) is 16.0. The SMILES string of the molecule is CCOc1ccccc1N1CCN(C(=O)c2cccc(S(=O)(=O)NCc3ccco3)c2)CC1. The molecular weight excluding hydrogens is 442 g/mol. The van der Waals surface area contributed by atoms with E-state index in [1.54, 1.807) is 29.2 Å². The average Bonchev–Trinajstić information content (AvgIpc) is 3.37. The standard InChI is InChI=1S/C24H27N3O5S/c1-2-31-23-11-4-3-10-22(23)26-12-14-27(15-13-26)24(28)19-7-5-9-21(17-19)33(29,30)25-18-20-8-6-16-32-20/h3-11,16-17,25H,2,12-15,18H2,1H3. The van der Waals surface area contributed by atoms with Gasteiger partial charge in [0.2, 0.25) is 10.0 Å². The van der Waals surface area contributed by atoms with E-state index in [2.05, 4.69) is 9.62 Å². The summed E-state index contributed by atoms with van der Waals surface area (Å²) in [5.41, 5.74) is 1.36. The molecule has 0 aliphatic carbocycles. The Labute approximate surface area is 193 Å². The van der Waals surface area contributed by atoms with Crippen LogP contribution in [0.25, 0.3) is 0 Å². The number of nitrogens with one attached hydrogen (secondary N) is 1. The van der Waals surface area contributed by atoms with Crippen LogP contribution in [-0.4, -0.2) is 52.0 Å². The zero-order chi connectivity index (χ0) is 23.3. The van der Waals surface area contributed by atoms with Gasteiger partial charge in [0.1, 0.15) is 11.5 Å². The lowest BCUT2D eigenvalue weighted by atomic mass is 10.1. The van der Waals surface area contributed by atoms with Crippen LogP contribution in [0.2, 0.25) is 0 Å². The predicted molar refractivity (Wildman–Crippen MR) is 125 cm³/mol. The zero-order valence-corrected chi connectivity index (χ0v) is 19.3. The minimum atomic E-state index is -3.78. The van der Waals surface area contributed by atoms with Crippen LogP contribution in [-0.2, 0) is 16.6 Å². The fraction of sp³-hybridized carbons (Fsp3) is 0.292. The maximum Gasteiger partial charge on any atom is 0.254 e. The van der Waals surface area contributed by atoms with Gasteiger partial charge >= 0.3 is 0 Å². The van der Waals surface area contributed by atoms with Crippen molar-refractivity contribution in [2.45, 2.75) is 18.4 Å². The summed E-state index contributed by atoms with van der Waals surface area (Å²) in [6.45, 7) is 4.98. The topological polar surface area (TPSA) is 92.1 Å². The summed E-state index contributed by atoms with van der Waals surface area (Å²) >= 11 is 0. The Bertz CT molecular complexity index is 1190. The van der Waals surface area contributed by atoms with Crippen LogP contribution in [0, 0.1) is 0 Å². The second-order valence-electron chi connectivity index (χ2n) is 7.61. The Kier molecular flexibility index (Phi) is 7.00. The average molecular weight is 470 g/mol. The van der Waals surface area contributed by atoms with Crippen LogP contribution in [0.5, 0.6) is 5.75 Å². The molecule has 1 aliphatic heterocycles. The first kappa shape index (κ1) is 22.9. The van der Waals surface area contributed by atoms with E-state index in [1.807, 2.05) is 31.2 Å². The van der Waals surface area contributed by atoms with E-state index in [0.717, 1.165) is 11.4 Å². The summed E-state index contributed by atoms with van der Waals surface area (Å²) in [5.74, 6) is 1.16. The van der Waals surface area contributed by atoms with Crippen molar-refractivity contribution < 1.29 is 22.4 Å². The molecule has 0 atom stereocenters. The largest absolute Gasteiger partial charge is 0.492 e. The van der Waals surface area contributed by atoms with E-state index in [1.165, 1.54) is 18.4 Å². The molecule has 3 aromatic rings. The number of hydrogen-bond acceptors (Lipinski definition) is 6. The third-order valence-corrected chi connectivity index (χ3v) is 6.88. The summed E-state index contributed by atoms with van der Waals surface area (Å²) in [6, 6.07) is 17.4. The molecule has 2 heterocycles. The van der Waals surface area contributed by atoms with Gasteiger partial charge in [-0.25, -0.2) is 13.1 Å². The van der Waals surface area contributed by atoms with Gasteiger partial charge in [-0.15, -0.1) is 0 Å². The zero-order valence-electron chi connectivity index (χ0n) is 18.4. The van der Waals surface area contributed by atoms with Crippen molar-refractivity contribution in [1.29, 1.82) is 0 Å². The molecule has 1 aliphatic rings. The molecule has 2 aromatic carbocycles. The molecule has 8 nitrogen and oxygen atoms in total. The number of sulfonamides is 1. The fourth-order valence-corrected chi connectivity index (χ4v) is 4.83. The number of ether oxygens (including phenoxy) is 1. The lowest BCUT2D eigenvalue weighted by Crippen LogP contribution is -2.48. The molecule has 4 rings (SSSR count). The van der Waals surface area contributed by atoms with Gasteiger partial charge in [0.15, 0.2) is 0 Å². The molecule has 0 spiro atoms. The maximum absolute atomic E-state index is 13.1. The Hall–Kier alpha value is -3.30. The number of furan rings is 1. The molecule has 1 saturated heterocycles. The number of benzene rings is 2. The number of anilines is 1. The van der Waals surface area contributed by atoms with Crippen molar-refractivity contribution in [1.82, 2.24) is 9.62 Å². The third-order valence-electron chi connectivity index (χ3n) is 5.48. The quantitative estimate of drug-likeness (QED) is 0.545. The van der Waals surface area contributed by atoms with E-state index in [-0.39, 0.29) is 17.3 Å². The number of carbonyl (C=O) groups is 1. The molecule has 1 aromatic heterocycles. The van der Waals surface area contributed by atoms with Gasteiger partial charge in [-0.05, 0) is 49.4 Å². The number of hydrogen-bond donors (Lipinski definition) is 1. The molecule has 0 radical (unpaired) electrons. The second kappa shape index (κ2) is 10.1. The number of piperazine rings is 1. The highest BCUT2D eigenvalue weighted by molar-refractivity contribution is 7.89. The summed E-state index contributed by atoms with van der Waals surface area (Å²) < 4.78 is 38.7. The Balaban J connectivity index is 1.41. The van der Waals surface area contributed by atoms with Crippen LogP contribution in [0.1, 0.15) is 23.0 Å². The van der Waals surface area contributed by atoms with E-state index in [0.29, 0.717) is 44.1 Å². The van der Waals surface area contributed by atoms with Crippen molar-refractivity contribution in [3.8, 4) is 5.75 Å². The van der Waals surface area contributed by atoms with Crippen LogP contribution in [0.3, 0.4) is 0 Å². The van der Waals surface area contributed by atoms with Gasteiger partial charge in [0, 0.05) is 31.7 Å². The van der Waals surface area contributed by atoms with Crippen LogP contribution in [0.15, 0.2) is 76.2 Å². The lowest BCUT2D eigenvalue weighted by Gasteiger charge is -2.36. The van der Waals surface area contributed by atoms with Crippen LogP contribution >= 0.6 is 0 Å². The number of amides is 1. The van der Waals surface area contributed by atoms with E-state index >= 15 is 0 Å². The molecule has 0 saturated carbocycles. The molecule has 1 amide bonds. The monoisotopic (exact) mass is 469 g/mol. The highest BCUT2D eigenvalue weighted by Crippen LogP contribution is 2.29. The van der Waals surface area contributed by atoms with Crippen LogP contribution < -0.4 is 14.4 Å². The Morgan fingerprint density at radius 1 is 1.03 bits per heavy atom. The molecular formula is C24H27N3O5S. The Morgan fingerprint density at radius 3 is 2.55 bits per heavy atom. The molecule has 1 N–H and O–H groups in total. The number of para-hydroxylation sites is 2. The minimum absolute atomic E-state index is 0.0404. The summed E-state index contributed by atoms with van der Waals surface area (Å²) in [4.78, 5) is 17.1.